The molecule has 0 fully saturated rings. The molecule has 0 aromatic heterocycles. The number of carbonyl (C=O) groups is 1. The van der Waals surface area contributed by atoms with Gasteiger partial charge in [-0.3, -0.25) is 9.10 Å². The summed E-state index contributed by atoms with van der Waals surface area (Å²) in [6.07, 6.45) is 0.827. The highest BCUT2D eigenvalue weighted by atomic mass is 35.5. The number of sulfonamides is 1. The minimum Gasteiger partial charge on any atom is -0.490 e. The van der Waals surface area contributed by atoms with Crippen LogP contribution < -0.4 is 14.4 Å². The van der Waals surface area contributed by atoms with E-state index in [0.717, 1.165) is 17.5 Å². The highest BCUT2D eigenvalue weighted by molar-refractivity contribution is 7.93. The average Bonchev–Trinajstić information content (AvgIpc) is 2.80. The van der Waals surface area contributed by atoms with E-state index in [1.54, 1.807) is 48.5 Å². The van der Waals surface area contributed by atoms with E-state index in [4.69, 9.17) is 16.3 Å². The van der Waals surface area contributed by atoms with E-state index in [2.05, 4.69) is 5.32 Å². The number of halogens is 1. The maximum absolute atomic E-state index is 13.3. The van der Waals surface area contributed by atoms with E-state index in [-0.39, 0.29) is 24.6 Å². The van der Waals surface area contributed by atoms with Gasteiger partial charge in [0.15, 0.2) is 0 Å². The molecule has 0 atom stereocenters. The van der Waals surface area contributed by atoms with Gasteiger partial charge in [-0.05, 0) is 42.3 Å². The van der Waals surface area contributed by atoms with Crippen molar-refractivity contribution < 1.29 is 17.9 Å². The summed E-state index contributed by atoms with van der Waals surface area (Å²) in [5.74, 6) is 0.112. The van der Waals surface area contributed by atoms with E-state index < -0.39 is 15.9 Å². The van der Waals surface area contributed by atoms with Crippen molar-refractivity contribution in [3.8, 4) is 16.9 Å². The molecule has 6 nitrogen and oxygen atoms in total. The van der Waals surface area contributed by atoms with Crippen molar-refractivity contribution in [3.63, 3.8) is 0 Å². The first kappa shape index (κ1) is 22.2. The Morgan fingerprint density at radius 2 is 1.78 bits per heavy atom. The second-order valence-corrected chi connectivity index (χ2v) is 9.58. The average molecular weight is 471 g/mol. The molecule has 0 saturated carbocycles. The van der Waals surface area contributed by atoms with Gasteiger partial charge < -0.3 is 10.1 Å². The van der Waals surface area contributed by atoms with E-state index in [1.807, 2.05) is 25.1 Å². The van der Waals surface area contributed by atoms with Gasteiger partial charge in [0.1, 0.15) is 18.9 Å². The van der Waals surface area contributed by atoms with Crippen LogP contribution in [0.1, 0.15) is 12.5 Å². The minimum absolute atomic E-state index is 0.204. The summed E-state index contributed by atoms with van der Waals surface area (Å²) < 4.78 is 33.4. The van der Waals surface area contributed by atoms with Crippen LogP contribution in [0.5, 0.6) is 5.75 Å². The van der Waals surface area contributed by atoms with Crippen LogP contribution in [0, 0.1) is 0 Å². The number of amides is 1. The zero-order valence-corrected chi connectivity index (χ0v) is 19.1. The largest absolute Gasteiger partial charge is 0.490 e. The van der Waals surface area contributed by atoms with Gasteiger partial charge in [0.2, 0.25) is 5.91 Å². The Hall–Kier alpha value is -3.03. The van der Waals surface area contributed by atoms with Gasteiger partial charge in [-0.25, -0.2) is 8.42 Å². The number of rotatable bonds is 7. The summed E-state index contributed by atoms with van der Waals surface area (Å²) >= 11 is 6.05. The monoisotopic (exact) mass is 470 g/mol. The lowest BCUT2D eigenvalue weighted by atomic mass is 9.99. The molecule has 1 heterocycles. The Bertz CT molecular complexity index is 1260. The van der Waals surface area contributed by atoms with Crippen molar-refractivity contribution in [2.75, 3.05) is 24.0 Å². The molecule has 3 aromatic rings. The van der Waals surface area contributed by atoms with Crippen LogP contribution in [-0.4, -0.2) is 34.0 Å². The van der Waals surface area contributed by atoms with Crippen molar-refractivity contribution in [1.82, 2.24) is 5.32 Å². The molecule has 8 heteroatoms. The smallest absolute Gasteiger partial charge is 0.265 e. The van der Waals surface area contributed by atoms with Crippen molar-refractivity contribution >= 4 is 33.2 Å². The second kappa shape index (κ2) is 9.22. The Kier molecular flexibility index (Phi) is 6.39. The van der Waals surface area contributed by atoms with Gasteiger partial charge >= 0.3 is 0 Å². The number of nitrogens with one attached hydrogen (secondary N) is 1. The lowest BCUT2D eigenvalue weighted by Crippen LogP contribution is -2.43. The molecule has 166 valence electrons. The Labute approximate surface area is 192 Å². The standard InChI is InChI=1S/C24H23ClN2O4S/c1-2-17-11-12-21-19(15-17)18-7-3-6-10-23(18)32(29,30)27(21)16-24(28)26-13-14-31-22-9-5-4-8-20(22)25/h3-12,15H,2,13-14,16H2,1H3,(H,26,28). The van der Waals surface area contributed by atoms with Gasteiger partial charge in [-0.1, -0.05) is 54.9 Å². The third-order valence-electron chi connectivity index (χ3n) is 5.29. The quantitative estimate of drug-likeness (QED) is 0.523. The lowest BCUT2D eigenvalue weighted by Gasteiger charge is -2.32. The van der Waals surface area contributed by atoms with Crippen LogP contribution in [-0.2, 0) is 21.2 Å². The third-order valence-corrected chi connectivity index (χ3v) is 7.42. The van der Waals surface area contributed by atoms with Gasteiger partial charge in [0.25, 0.3) is 10.0 Å². The molecule has 1 aliphatic heterocycles. The first-order valence-electron chi connectivity index (χ1n) is 10.3. The fourth-order valence-corrected chi connectivity index (χ4v) is 5.51. The van der Waals surface area contributed by atoms with E-state index in [0.29, 0.717) is 22.0 Å². The SMILES string of the molecule is CCc1ccc2c(c1)-c1ccccc1S(=O)(=O)N2CC(=O)NCCOc1ccccc1Cl. The predicted molar refractivity (Wildman–Crippen MR) is 126 cm³/mol. The van der Waals surface area contributed by atoms with Crippen LogP contribution >= 0.6 is 11.6 Å². The van der Waals surface area contributed by atoms with Crippen LogP contribution in [0.25, 0.3) is 11.1 Å². The minimum atomic E-state index is -3.87. The maximum Gasteiger partial charge on any atom is 0.265 e. The molecule has 32 heavy (non-hydrogen) atoms. The number of ether oxygens (including phenoxy) is 1. The normalized spacial score (nSPS) is 13.8. The number of hydrogen-bond donors (Lipinski definition) is 1. The summed E-state index contributed by atoms with van der Waals surface area (Å²) in [4.78, 5) is 12.8. The molecule has 0 bridgehead atoms. The topological polar surface area (TPSA) is 75.7 Å². The zero-order valence-electron chi connectivity index (χ0n) is 17.5. The van der Waals surface area contributed by atoms with Crippen LogP contribution in [0.4, 0.5) is 5.69 Å². The second-order valence-electron chi connectivity index (χ2n) is 7.34. The van der Waals surface area contributed by atoms with E-state index in [1.165, 1.54) is 4.31 Å². The van der Waals surface area contributed by atoms with Crippen molar-refractivity contribution in [2.45, 2.75) is 18.2 Å². The highest BCUT2D eigenvalue weighted by Crippen LogP contribution is 2.43. The number of hydrogen-bond acceptors (Lipinski definition) is 4. The summed E-state index contributed by atoms with van der Waals surface area (Å²) in [5.41, 5.74) is 3.06. The first-order chi connectivity index (χ1) is 15.4. The van der Waals surface area contributed by atoms with Crippen molar-refractivity contribution in [1.29, 1.82) is 0 Å². The molecule has 1 N–H and O–H groups in total. The van der Waals surface area contributed by atoms with Gasteiger partial charge in [0.05, 0.1) is 22.2 Å². The van der Waals surface area contributed by atoms with Crippen LogP contribution in [0.3, 0.4) is 0 Å². The number of aryl methyl sites for hydroxylation is 1. The van der Waals surface area contributed by atoms with Crippen molar-refractivity contribution in [2.24, 2.45) is 0 Å². The molecule has 1 amide bonds. The molecular weight excluding hydrogens is 448 g/mol. The molecule has 1 aliphatic rings. The fourth-order valence-electron chi connectivity index (χ4n) is 3.67. The molecule has 4 rings (SSSR count). The Morgan fingerprint density at radius 1 is 1.03 bits per heavy atom. The number of carbonyl (C=O) groups excluding carboxylic acids is 1. The van der Waals surface area contributed by atoms with Crippen molar-refractivity contribution in [3.05, 3.63) is 77.3 Å². The molecule has 0 aliphatic carbocycles. The number of para-hydroxylation sites is 1. The number of fused-ring (bicyclic) bond motifs is 3. The Morgan fingerprint density at radius 3 is 2.56 bits per heavy atom. The van der Waals surface area contributed by atoms with E-state index >= 15 is 0 Å². The fraction of sp³-hybridized carbons (Fsp3) is 0.208. The third kappa shape index (κ3) is 4.31. The molecule has 0 saturated heterocycles. The summed E-state index contributed by atoms with van der Waals surface area (Å²) in [7, 11) is -3.87. The molecule has 3 aromatic carbocycles. The highest BCUT2D eigenvalue weighted by Gasteiger charge is 2.35. The van der Waals surface area contributed by atoms with E-state index in [9.17, 15) is 13.2 Å². The van der Waals surface area contributed by atoms with Gasteiger partial charge in [0, 0.05) is 11.1 Å². The number of anilines is 1. The summed E-state index contributed by atoms with van der Waals surface area (Å²) in [5, 5.41) is 3.21. The number of benzene rings is 3. The van der Waals surface area contributed by atoms with Crippen LogP contribution in [0.2, 0.25) is 5.02 Å². The van der Waals surface area contributed by atoms with Gasteiger partial charge in [-0.2, -0.15) is 0 Å². The summed E-state index contributed by atoms with van der Waals surface area (Å²) in [6, 6.07) is 19.6. The summed E-state index contributed by atoms with van der Waals surface area (Å²) in [6.45, 7) is 2.15. The van der Waals surface area contributed by atoms with Gasteiger partial charge in [-0.15, -0.1) is 0 Å². The molecule has 0 unspecified atom stereocenters. The van der Waals surface area contributed by atoms with Crippen LogP contribution in [0.15, 0.2) is 71.6 Å². The first-order valence-corrected chi connectivity index (χ1v) is 12.1. The molecular formula is C24H23ClN2O4S. The lowest BCUT2D eigenvalue weighted by molar-refractivity contribution is -0.119. The Balaban J connectivity index is 1.50. The maximum atomic E-state index is 13.3. The predicted octanol–water partition coefficient (Wildman–Crippen LogP) is 4.27. The molecule has 0 radical (unpaired) electrons. The number of nitrogens with zero attached hydrogens (tertiary/aromatic N) is 1. The molecule has 0 spiro atoms. The zero-order chi connectivity index (χ0) is 22.7.